The van der Waals surface area contributed by atoms with Gasteiger partial charge < -0.3 is 9.80 Å². The molecule has 0 spiro atoms. The summed E-state index contributed by atoms with van der Waals surface area (Å²) in [5.74, 6) is -0.573. The number of rotatable bonds is 3. The van der Waals surface area contributed by atoms with Gasteiger partial charge in [-0.1, -0.05) is 48.0 Å². The van der Waals surface area contributed by atoms with Crippen molar-refractivity contribution < 1.29 is 9.18 Å². The summed E-state index contributed by atoms with van der Waals surface area (Å²) >= 11 is 6.02. The fourth-order valence-electron chi connectivity index (χ4n) is 3.06. The molecule has 2 aromatic carbocycles. The maximum absolute atomic E-state index is 13.9. The first-order chi connectivity index (χ1) is 12.1. The fourth-order valence-corrected chi connectivity index (χ4v) is 3.29. The summed E-state index contributed by atoms with van der Waals surface area (Å²) in [6, 6.07) is 14.4. The molecule has 1 aliphatic heterocycles. The Kier molecular flexibility index (Phi) is 5.51. The van der Waals surface area contributed by atoms with E-state index in [0.29, 0.717) is 11.6 Å². The summed E-state index contributed by atoms with van der Waals surface area (Å²) in [6.07, 6.45) is 2.87. The number of benzene rings is 2. The van der Waals surface area contributed by atoms with Gasteiger partial charge in [-0.05, 0) is 30.8 Å². The zero-order chi connectivity index (χ0) is 17.8. The molecule has 5 heteroatoms. The van der Waals surface area contributed by atoms with Crippen LogP contribution in [0.4, 0.5) is 4.39 Å². The highest BCUT2D eigenvalue weighted by atomic mass is 35.5. The van der Waals surface area contributed by atoms with Crippen molar-refractivity contribution in [1.29, 1.82) is 0 Å². The van der Waals surface area contributed by atoms with Gasteiger partial charge in [0, 0.05) is 31.3 Å². The van der Waals surface area contributed by atoms with E-state index in [1.165, 1.54) is 18.2 Å². The minimum absolute atomic E-state index is 0.0202. The molecule has 130 valence electrons. The second-order valence-electron chi connectivity index (χ2n) is 6.19. The molecule has 1 aliphatic rings. The Labute approximate surface area is 152 Å². The summed E-state index contributed by atoms with van der Waals surface area (Å²) in [7, 11) is 2.05. The standard InChI is InChI=1S/C20H20ClFN2O/c1-23-12-13-24(19(14-23)15-6-3-2-4-7-15)20(25)11-10-16-17(21)8-5-9-18(16)22/h2-11,19H,12-14H2,1H3. The van der Waals surface area contributed by atoms with E-state index in [1.807, 2.05) is 42.3 Å². The van der Waals surface area contributed by atoms with Crippen molar-refractivity contribution in [1.82, 2.24) is 9.80 Å². The second kappa shape index (κ2) is 7.81. The minimum atomic E-state index is -0.436. The molecular formula is C20H20ClFN2O. The number of nitrogens with zero attached hydrogens (tertiary/aromatic N) is 2. The number of carbonyl (C=O) groups is 1. The molecule has 1 atom stereocenters. The number of hydrogen-bond acceptors (Lipinski definition) is 2. The van der Waals surface area contributed by atoms with E-state index in [0.717, 1.165) is 18.7 Å². The summed E-state index contributed by atoms with van der Waals surface area (Å²) in [6.45, 7) is 2.21. The summed E-state index contributed by atoms with van der Waals surface area (Å²) in [4.78, 5) is 16.8. The van der Waals surface area contributed by atoms with Crippen LogP contribution in [-0.2, 0) is 4.79 Å². The molecule has 1 saturated heterocycles. The van der Waals surface area contributed by atoms with Gasteiger partial charge in [-0.15, -0.1) is 0 Å². The van der Waals surface area contributed by atoms with Crippen molar-refractivity contribution in [3.05, 3.63) is 76.6 Å². The van der Waals surface area contributed by atoms with Crippen molar-refractivity contribution in [2.24, 2.45) is 0 Å². The molecular weight excluding hydrogens is 339 g/mol. The maximum atomic E-state index is 13.9. The first-order valence-corrected chi connectivity index (χ1v) is 8.60. The summed E-state index contributed by atoms with van der Waals surface area (Å²) < 4.78 is 13.9. The molecule has 0 saturated carbocycles. The number of halogens is 2. The zero-order valence-electron chi connectivity index (χ0n) is 14.0. The quantitative estimate of drug-likeness (QED) is 0.774. The van der Waals surface area contributed by atoms with E-state index >= 15 is 0 Å². The first-order valence-electron chi connectivity index (χ1n) is 8.22. The average molecular weight is 359 g/mol. The van der Waals surface area contributed by atoms with Crippen LogP contribution < -0.4 is 0 Å². The third-order valence-corrected chi connectivity index (χ3v) is 4.77. The van der Waals surface area contributed by atoms with E-state index in [2.05, 4.69) is 4.90 Å². The molecule has 0 bridgehead atoms. The molecule has 1 heterocycles. The highest BCUT2D eigenvalue weighted by molar-refractivity contribution is 6.32. The van der Waals surface area contributed by atoms with E-state index in [-0.39, 0.29) is 17.5 Å². The van der Waals surface area contributed by atoms with Crippen molar-refractivity contribution >= 4 is 23.6 Å². The van der Waals surface area contributed by atoms with Gasteiger partial charge in [-0.25, -0.2) is 4.39 Å². The van der Waals surface area contributed by atoms with Crippen molar-refractivity contribution in [2.75, 3.05) is 26.7 Å². The normalized spacial score (nSPS) is 18.7. The molecule has 1 amide bonds. The van der Waals surface area contributed by atoms with Crippen LogP contribution in [0, 0.1) is 5.82 Å². The molecule has 25 heavy (non-hydrogen) atoms. The second-order valence-corrected chi connectivity index (χ2v) is 6.60. The number of hydrogen-bond donors (Lipinski definition) is 0. The molecule has 1 fully saturated rings. The molecule has 0 radical (unpaired) electrons. The Morgan fingerprint density at radius 2 is 1.92 bits per heavy atom. The van der Waals surface area contributed by atoms with Gasteiger partial charge in [-0.2, -0.15) is 0 Å². The lowest BCUT2D eigenvalue weighted by Crippen LogP contribution is -2.48. The van der Waals surface area contributed by atoms with Gasteiger partial charge in [0.25, 0.3) is 0 Å². The predicted octanol–water partition coefficient (Wildman–Crippen LogP) is 4.01. The Morgan fingerprint density at radius 3 is 2.64 bits per heavy atom. The van der Waals surface area contributed by atoms with Gasteiger partial charge in [0.2, 0.25) is 5.91 Å². The number of amides is 1. The molecule has 3 rings (SSSR count). The molecule has 3 nitrogen and oxygen atoms in total. The lowest BCUT2D eigenvalue weighted by molar-refractivity contribution is -0.130. The van der Waals surface area contributed by atoms with Crippen LogP contribution in [0.1, 0.15) is 17.2 Å². The van der Waals surface area contributed by atoms with Gasteiger partial charge in [-0.3, -0.25) is 4.79 Å². The molecule has 2 aromatic rings. The van der Waals surface area contributed by atoms with Crippen LogP contribution >= 0.6 is 11.6 Å². The van der Waals surface area contributed by atoms with Crippen LogP contribution in [0.3, 0.4) is 0 Å². The highest BCUT2D eigenvalue weighted by Gasteiger charge is 2.29. The molecule has 0 N–H and O–H groups in total. The average Bonchev–Trinajstić information content (AvgIpc) is 2.62. The van der Waals surface area contributed by atoms with Gasteiger partial charge in [0.1, 0.15) is 5.82 Å². The largest absolute Gasteiger partial charge is 0.330 e. The molecule has 0 aliphatic carbocycles. The zero-order valence-corrected chi connectivity index (χ0v) is 14.8. The Balaban J connectivity index is 1.83. The van der Waals surface area contributed by atoms with Crippen LogP contribution in [-0.4, -0.2) is 42.4 Å². The van der Waals surface area contributed by atoms with Crippen molar-refractivity contribution in [3.8, 4) is 0 Å². The maximum Gasteiger partial charge on any atom is 0.247 e. The van der Waals surface area contributed by atoms with Crippen molar-refractivity contribution in [3.63, 3.8) is 0 Å². The third kappa shape index (κ3) is 4.09. The smallest absolute Gasteiger partial charge is 0.247 e. The van der Waals surface area contributed by atoms with Crippen LogP contribution in [0.2, 0.25) is 5.02 Å². The van der Waals surface area contributed by atoms with Gasteiger partial charge >= 0.3 is 0 Å². The summed E-state index contributed by atoms with van der Waals surface area (Å²) in [5.41, 5.74) is 1.34. The fraction of sp³-hybridized carbons (Fsp3) is 0.250. The first kappa shape index (κ1) is 17.6. The Morgan fingerprint density at radius 1 is 1.16 bits per heavy atom. The Bertz CT molecular complexity index is 758. The van der Waals surface area contributed by atoms with Crippen molar-refractivity contribution in [2.45, 2.75) is 6.04 Å². The summed E-state index contributed by atoms with van der Waals surface area (Å²) in [5, 5.41) is 0.294. The minimum Gasteiger partial charge on any atom is -0.330 e. The number of likely N-dealkylation sites (N-methyl/N-ethyl adjacent to an activating group) is 1. The van der Waals surface area contributed by atoms with Gasteiger partial charge in [0.05, 0.1) is 11.1 Å². The third-order valence-electron chi connectivity index (χ3n) is 4.44. The lowest BCUT2D eigenvalue weighted by Gasteiger charge is -2.40. The van der Waals surface area contributed by atoms with Crippen LogP contribution in [0.5, 0.6) is 0 Å². The van der Waals surface area contributed by atoms with Gasteiger partial charge in [0.15, 0.2) is 0 Å². The van der Waals surface area contributed by atoms with E-state index in [1.54, 1.807) is 12.1 Å². The van der Waals surface area contributed by atoms with E-state index in [9.17, 15) is 9.18 Å². The lowest BCUT2D eigenvalue weighted by atomic mass is 10.0. The highest BCUT2D eigenvalue weighted by Crippen LogP contribution is 2.26. The predicted molar refractivity (Wildman–Crippen MR) is 98.8 cm³/mol. The van der Waals surface area contributed by atoms with E-state index in [4.69, 9.17) is 11.6 Å². The van der Waals surface area contributed by atoms with Crippen LogP contribution in [0.15, 0.2) is 54.6 Å². The topological polar surface area (TPSA) is 23.6 Å². The SMILES string of the molecule is CN1CCN(C(=O)C=Cc2c(F)cccc2Cl)C(c2ccccc2)C1. The Hall–Kier alpha value is -2.17. The monoisotopic (exact) mass is 358 g/mol. The molecule has 0 aromatic heterocycles. The molecule has 1 unspecified atom stereocenters. The van der Waals surface area contributed by atoms with E-state index < -0.39 is 5.82 Å². The number of piperazine rings is 1. The number of carbonyl (C=O) groups excluding carboxylic acids is 1. The van der Waals surface area contributed by atoms with Crippen LogP contribution in [0.25, 0.3) is 6.08 Å².